The van der Waals surface area contributed by atoms with Crippen LogP contribution in [0.25, 0.3) is 0 Å². The van der Waals surface area contributed by atoms with Crippen molar-refractivity contribution in [2.24, 2.45) is 7.05 Å². The van der Waals surface area contributed by atoms with Crippen molar-refractivity contribution in [2.75, 3.05) is 7.11 Å². The van der Waals surface area contributed by atoms with E-state index in [0.717, 1.165) is 11.4 Å². The van der Waals surface area contributed by atoms with Crippen LogP contribution >= 0.6 is 0 Å². The molecule has 29 heavy (non-hydrogen) atoms. The molecule has 8 heteroatoms. The minimum Gasteiger partial charge on any atom is -0.493 e. The average molecular weight is 398 g/mol. The van der Waals surface area contributed by atoms with Crippen LogP contribution in [0.2, 0.25) is 0 Å². The van der Waals surface area contributed by atoms with Gasteiger partial charge in [0.05, 0.1) is 13.7 Å². The summed E-state index contributed by atoms with van der Waals surface area (Å²) in [6, 6.07) is 7.25. The maximum atomic E-state index is 13.0. The summed E-state index contributed by atoms with van der Waals surface area (Å²) in [4.78, 5) is 19.0. The predicted octanol–water partition coefficient (Wildman–Crippen LogP) is 3.35. The van der Waals surface area contributed by atoms with Crippen molar-refractivity contribution in [1.82, 2.24) is 19.6 Å². The van der Waals surface area contributed by atoms with Gasteiger partial charge in [0.15, 0.2) is 23.0 Å². The fourth-order valence-electron chi connectivity index (χ4n) is 2.86. The number of methoxy groups -OCH3 is 1. The summed E-state index contributed by atoms with van der Waals surface area (Å²) in [7, 11) is 3.49. The summed E-state index contributed by atoms with van der Waals surface area (Å²) >= 11 is 0. The Bertz CT molecular complexity index is 977. The molecule has 0 bridgehead atoms. The number of hydrogen-bond donors (Lipinski definition) is 0. The van der Waals surface area contributed by atoms with Gasteiger partial charge in [0.25, 0.3) is 5.91 Å². The Morgan fingerprint density at radius 1 is 1.28 bits per heavy atom. The molecule has 2 heterocycles. The lowest BCUT2D eigenvalue weighted by atomic mass is 10.2. The molecule has 0 radical (unpaired) electrons. The van der Waals surface area contributed by atoms with E-state index in [1.165, 1.54) is 0 Å². The normalized spacial score (nSPS) is 11.0. The third-order valence-electron chi connectivity index (χ3n) is 4.58. The number of benzene rings is 1. The van der Waals surface area contributed by atoms with E-state index in [4.69, 9.17) is 14.0 Å². The fraction of sp³-hybridized carbons (Fsp3) is 0.381. The Hall–Kier alpha value is -3.29. The van der Waals surface area contributed by atoms with Crippen LogP contribution in [0.5, 0.6) is 11.5 Å². The maximum Gasteiger partial charge on any atom is 0.276 e. The summed E-state index contributed by atoms with van der Waals surface area (Å²) in [5.74, 6) is 2.27. The minimum absolute atomic E-state index is 0.0209. The van der Waals surface area contributed by atoms with Crippen molar-refractivity contribution in [3.8, 4) is 11.5 Å². The predicted molar refractivity (Wildman–Crippen MR) is 107 cm³/mol. The smallest absolute Gasteiger partial charge is 0.276 e. The van der Waals surface area contributed by atoms with Crippen LogP contribution in [-0.4, -0.2) is 38.7 Å². The standard InChI is InChI=1S/C21H26N4O4/c1-14(2)25(12-20-22-8-9-24(20)4)21(26)17-11-16(29-23-17)13-28-18-7-6-15(3)10-19(18)27-5/h6-11,14H,12-13H2,1-5H3. The van der Waals surface area contributed by atoms with Crippen LogP contribution in [0.4, 0.5) is 0 Å². The molecule has 0 fully saturated rings. The van der Waals surface area contributed by atoms with Crippen molar-refractivity contribution in [3.63, 3.8) is 0 Å². The molecule has 0 atom stereocenters. The molecular weight excluding hydrogens is 372 g/mol. The van der Waals surface area contributed by atoms with E-state index in [1.807, 2.05) is 56.8 Å². The second-order valence-corrected chi connectivity index (χ2v) is 7.10. The molecule has 0 spiro atoms. The molecule has 0 aliphatic heterocycles. The third-order valence-corrected chi connectivity index (χ3v) is 4.58. The Morgan fingerprint density at radius 3 is 2.72 bits per heavy atom. The topological polar surface area (TPSA) is 82.6 Å². The Labute approximate surface area is 170 Å². The molecule has 0 saturated carbocycles. The zero-order chi connectivity index (χ0) is 21.0. The lowest BCUT2D eigenvalue weighted by Gasteiger charge is -2.25. The van der Waals surface area contributed by atoms with Gasteiger partial charge in [-0.3, -0.25) is 4.79 Å². The van der Waals surface area contributed by atoms with Gasteiger partial charge in [-0.25, -0.2) is 4.98 Å². The summed E-state index contributed by atoms with van der Waals surface area (Å²) in [5.41, 5.74) is 1.31. The van der Waals surface area contributed by atoms with Crippen LogP contribution in [0.1, 0.15) is 41.5 Å². The monoisotopic (exact) mass is 398 g/mol. The number of amides is 1. The number of imidazole rings is 1. The highest BCUT2D eigenvalue weighted by Crippen LogP contribution is 2.28. The number of nitrogens with zero attached hydrogens (tertiary/aromatic N) is 4. The molecule has 0 aliphatic carbocycles. The number of rotatable bonds is 8. The van der Waals surface area contributed by atoms with E-state index in [1.54, 1.807) is 24.3 Å². The highest BCUT2D eigenvalue weighted by molar-refractivity contribution is 5.92. The van der Waals surface area contributed by atoms with Crippen molar-refractivity contribution in [2.45, 2.75) is 40.0 Å². The number of hydrogen-bond acceptors (Lipinski definition) is 6. The molecule has 0 aliphatic rings. The van der Waals surface area contributed by atoms with Gasteiger partial charge < -0.3 is 23.5 Å². The lowest BCUT2D eigenvalue weighted by molar-refractivity contribution is 0.0672. The van der Waals surface area contributed by atoms with Gasteiger partial charge in [-0.05, 0) is 38.5 Å². The highest BCUT2D eigenvalue weighted by atomic mass is 16.5. The van der Waals surface area contributed by atoms with Crippen LogP contribution in [0, 0.1) is 6.92 Å². The van der Waals surface area contributed by atoms with Gasteiger partial charge in [0.1, 0.15) is 12.4 Å². The Morgan fingerprint density at radius 2 is 2.07 bits per heavy atom. The van der Waals surface area contributed by atoms with E-state index in [0.29, 0.717) is 23.8 Å². The number of ether oxygens (including phenoxy) is 2. The van der Waals surface area contributed by atoms with E-state index in [-0.39, 0.29) is 24.2 Å². The molecule has 3 rings (SSSR count). The summed E-state index contributed by atoms with van der Waals surface area (Å²) in [5, 5.41) is 3.94. The van der Waals surface area contributed by atoms with Crippen LogP contribution in [-0.2, 0) is 20.2 Å². The number of carbonyl (C=O) groups is 1. The molecule has 2 aromatic heterocycles. The van der Waals surface area contributed by atoms with Gasteiger partial charge in [0, 0.05) is 31.5 Å². The Balaban J connectivity index is 1.69. The highest BCUT2D eigenvalue weighted by Gasteiger charge is 2.24. The minimum atomic E-state index is -0.217. The molecule has 1 amide bonds. The summed E-state index contributed by atoms with van der Waals surface area (Å²) < 4.78 is 18.3. The number of aryl methyl sites for hydroxylation is 2. The van der Waals surface area contributed by atoms with Crippen molar-refractivity contribution < 1.29 is 18.8 Å². The average Bonchev–Trinajstić information content (AvgIpc) is 3.33. The largest absolute Gasteiger partial charge is 0.493 e. The van der Waals surface area contributed by atoms with Gasteiger partial charge in [0.2, 0.25) is 0 Å². The van der Waals surface area contributed by atoms with E-state index in [9.17, 15) is 4.79 Å². The van der Waals surface area contributed by atoms with Gasteiger partial charge in [-0.1, -0.05) is 11.2 Å². The van der Waals surface area contributed by atoms with Crippen LogP contribution in [0.3, 0.4) is 0 Å². The molecule has 8 nitrogen and oxygen atoms in total. The molecule has 0 saturated heterocycles. The quantitative estimate of drug-likeness (QED) is 0.579. The second-order valence-electron chi connectivity index (χ2n) is 7.10. The van der Waals surface area contributed by atoms with Gasteiger partial charge in [-0.15, -0.1) is 0 Å². The first-order chi connectivity index (χ1) is 13.9. The Kier molecular flexibility index (Phi) is 6.21. The fourth-order valence-corrected chi connectivity index (χ4v) is 2.86. The number of carbonyl (C=O) groups excluding carboxylic acids is 1. The molecule has 154 valence electrons. The zero-order valence-corrected chi connectivity index (χ0v) is 17.4. The summed E-state index contributed by atoms with van der Waals surface area (Å²) in [6.07, 6.45) is 3.56. The SMILES string of the molecule is COc1cc(C)ccc1OCc1cc(C(=O)N(Cc2nccn2C)C(C)C)no1. The lowest BCUT2D eigenvalue weighted by Crippen LogP contribution is -2.37. The molecule has 0 unspecified atom stereocenters. The van der Waals surface area contributed by atoms with Gasteiger partial charge >= 0.3 is 0 Å². The second kappa shape index (κ2) is 8.81. The third kappa shape index (κ3) is 4.77. The first kappa shape index (κ1) is 20.4. The zero-order valence-electron chi connectivity index (χ0n) is 17.4. The first-order valence-electron chi connectivity index (χ1n) is 9.39. The maximum absolute atomic E-state index is 13.0. The van der Waals surface area contributed by atoms with E-state index in [2.05, 4.69) is 10.1 Å². The van der Waals surface area contributed by atoms with E-state index >= 15 is 0 Å². The molecule has 1 aromatic carbocycles. The molecule has 3 aromatic rings. The summed E-state index contributed by atoms with van der Waals surface area (Å²) in [6.45, 7) is 6.41. The first-order valence-corrected chi connectivity index (χ1v) is 9.39. The van der Waals surface area contributed by atoms with Crippen LogP contribution < -0.4 is 9.47 Å². The van der Waals surface area contributed by atoms with E-state index < -0.39 is 0 Å². The van der Waals surface area contributed by atoms with Crippen LogP contribution in [0.15, 0.2) is 41.2 Å². The van der Waals surface area contributed by atoms with Crippen molar-refractivity contribution >= 4 is 5.91 Å². The molecule has 0 N–H and O–H groups in total. The van der Waals surface area contributed by atoms with Crippen molar-refractivity contribution in [1.29, 1.82) is 0 Å². The van der Waals surface area contributed by atoms with Crippen molar-refractivity contribution in [3.05, 3.63) is 59.5 Å². The number of aromatic nitrogens is 3. The molecular formula is C21H26N4O4. The van der Waals surface area contributed by atoms with Gasteiger partial charge in [-0.2, -0.15) is 0 Å².